The Morgan fingerprint density at radius 3 is 2.69 bits per heavy atom. The van der Waals surface area contributed by atoms with Crippen molar-refractivity contribution in [2.24, 2.45) is 0 Å². The zero-order chi connectivity index (χ0) is 22.8. The highest BCUT2D eigenvalue weighted by atomic mass is 32.2. The number of ether oxygens (including phenoxy) is 1. The van der Waals surface area contributed by atoms with Gasteiger partial charge in [0.2, 0.25) is 0 Å². The monoisotopic (exact) mass is 450 g/mol. The van der Waals surface area contributed by atoms with Crippen molar-refractivity contribution in [1.82, 2.24) is 4.90 Å². The van der Waals surface area contributed by atoms with Crippen LogP contribution in [0.2, 0.25) is 0 Å². The number of rotatable bonds is 6. The molecule has 32 heavy (non-hydrogen) atoms. The third-order valence-electron chi connectivity index (χ3n) is 4.86. The van der Waals surface area contributed by atoms with E-state index in [1.165, 1.54) is 36.3 Å². The second-order valence-corrected chi connectivity index (χ2v) is 8.09. The van der Waals surface area contributed by atoms with Crippen molar-refractivity contribution in [3.05, 3.63) is 86.5 Å². The number of aryl methyl sites for hydroxylation is 1. The summed E-state index contributed by atoms with van der Waals surface area (Å²) in [7, 11) is 1.41. The Labute approximate surface area is 187 Å². The summed E-state index contributed by atoms with van der Waals surface area (Å²) >= 11 is 0.857. The molecule has 2 amide bonds. The van der Waals surface area contributed by atoms with E-state index in [4.69, 9.17) is 9.15 Å². The Kier molecular flexibility index (Phi) is 5.83. The van der Waals surface area contributed by atoms with E-state index in [0.717, 1.165) is 22.9 Å². The molecule has 1 aliphatic rings. The molecule has 1 fully saturated rings. The average molecular weight is 450 g/mol. The lowest BCUT2D eigenvalue weighted by Crippen LogP contribution is -2.27. The summed E-state index contributed by atoms with van der Waals surface area (Å²) in [6.07, 6.45) is 1.52. The van der Waals surface area contributed by atoms with Crippen molar-refractivity contribution in [2.45, 2.75) is 13.5 Å². The van der Waals surface area contributed by atoms with Crippen LogP contribution in [-0.4, -0.2) is 28.1 Å². The predicted octanol–water partition coefficient (Wildman–Crippen LogP) is 5.41. The first-order valence-corrected chi connectivity index (χ1v) is 10.4. The average Bonchev–Trinajstić information content (AvgIpc) is 3.33. The van der Waals surface area contributed by atoms with E-state index in [1.54, 1.807) is 12.1 Å². The number of hydrogen-bond donors (Lipinski definition) is 0. The molecule has 2 heterocycles. The number of furan rings is 1. The summed E-state index contributed by atoms with van der Waals surface area (Å²) in [5.74, 6) is 0.703. The molecule has 0 spiro atoms. The molecule has 8 nitrogen and oxygen atoms in total. The van der Waals surface area contributed by atoms with E-state index in [1.807, 2.05) is 31.2 Å². The normalized spacial score (nSPS) is 14.9. The lowest BCUT2D eigenvalue weighted by molar-refractivity contribution is -0.384. The van der Waals surface area contributed by atoms with E-state index in [0.29, 0.717) is 22.8 Å². The molecule has 0 radical (unpaired) electrons. The Balaban J connectivity index is 1.56. The molecule has 2 aromatic carbocycles. The zero-order valence-corrected chi connectivity index (χ0v) is 18.0. The summed E-state index contributed by atoms with van der Waals surface area (Å²) in [6.45, 7) is 2.15. The van der Waals surface area contributed by atoms with Gasteiger partial charge in [0.1, 0.15) is 17.3 Å². The third kappa shape index (κ3) is 4.28. The van der Waals surface area contributed by atoms with Gasteiger partial charge in [0.15, 0.2) is 0 Å². The first kappa shape index (κ1) is 21.4. The molecule has 0 atom stereocenters. The van der Waals surface area contributed by atoms with Gasteiger partial charge in [-0.05, 0) is 42.4 Å². The second-order valence-electron chi connectivity index (χ2n) is 7.10. The summed E-state index contributed by atoms with van der Waals surface area (Å²) in [5, 5.41) is 10.6. The van der Waals surface area contributed by atoms with Crippen LogP contribution < -0.4 is 4.74 Å². The number of carbonyl (C=O) groups excluding carboxylic acids is 2. The number of methoxy groups -OCH3 is 1. The first-order valence-electron chi connectivity index (χ1n) is 9.59. The van der Waals surface area contributed by atoms with Crippen molar-refractivity contribution < 1.29 is 23.7 Å². The van der Waals surface area contributed by atoms with Gasteiger partial charge in [-0.25, -0.2) is 0 Å². The van der Waals surface area contributed by atoms with E-state index in [-0.39, 0.29) is 28.3 Å². The van der Waals surface area contributed by atoms with Crippen LogP contribution in [0.1, 0.15) is 16.9 Å². The number of hydrogen-bond acceptors (Lipinski definition) is 7. The van der Waals surface area contributed by atoms with Crippen molar-refractivity contribution in [3.63, 3.8) is 0 Å². The number of nitrogens with zero attached hydrogens (tertiary/aromatic N) is 2. The highest BCUT2D eigenvalue weighted by Gasteiger charge is 2.35. The molecule has 9 heteroatoms. The lowest BCUT2D eigenvalue weighted by Gasteiger charge is -2.12. The van der Waals surface area contributed by atoms with E-state index >= 15 is 0 Å². The number of benzene rings is 2. The number of nitro groups is 1. The van der Waals surface area contributed by atoms with E-state index < -0.39 is 4.92 Å². The fraction of sp³-hybridized carbons (Fsp3) is 0.130. The molecular formula is C23H18N2O6S. The van der Waals surface area contributed by atoms with Gasteiger partial charge in [0.25, 0.3) is 16.8 Å². The van der Waals surface area contributed by atoms with Crippen LogP contribution in [-0.2, 0) is 11.3 Å². The van der Waals surface area contributed by atoms with Crippen molar-refractivity contribution in [2.75, 3.05) is 7.11 Å². The number of imide groups is 1. The van der Waals surface area contributed by atoms with Crippen LogP contribution in [0.5, 0.6) is 5.75 Å². The zero-order valence-electron chi connectivity index (χ0n) is 17.2. The highest BCUT2D eigenvalue weighted by molar-refractivity contribution is 8.18. The smallest absolute Gasteiger partial charge is 0.293 e. The minimum atomic E-state index is -0.507. The third-order valence-corrected chi connectivity index (χ3v) is 5.77. The van der Waals surface area contributed by atoms with Gasteiger partial charge < -0.3 is 9.15 Å². The van der Waals surface area contributed by atoms with Crippen molar-refractivity contribution in [3.8, 4) is 17.1 Å². The fourth-order valence-corrected chi connectivity index (χ4v) is 4.15. The molecule has 3 aromatic rings. The number of thioether (sulfide) groups is 1. The van der Waals surface area contributed by atoms with Crippen LogP contribution >= 0.6 is 11.8 Å². The summed E-state index contributed by atoms with van der Waals surface area (Å²) in [4.78, 5) is 37.1. The van der Waals surface area contributed by atoms with Crippen LogP contribution in [0.25, 0.3) is 17.4 Å². The van der Waals surface area contributed by atoms with Gasteiger partial charge in [0.05, 0.1) is 35.1 Å². The molecule has 0 saturated carbocycles. The molecule has 0 N–H and O–H groups in total. The fourth-order valence-electron chi connectivity index (χ4n) is 3.33. The molecule has 4 rings (SSSR count). The Morgan fingerprint density at radius 1 is 1.16 bits per heavy atom. The van der Waals surface area contributed by atoms with Gasteiger partial charge in [0, 0.05) is 12.1 Å². The lowest BCUT2D eigenvalue weighted by atomic mass is 10.1. The van der Waals surface area contributed by atoms with Crippen LogP contribution in [0, 0.1) is 17.0 Å². The minimum Gasteiger partial charge on any atom is -0.496 e. The number of nitro benzene ring substituents is 1. The molecule has 162 valence electrons. The summed E-state index contributed by atoms with van der Waals surface area (Å²) in [6, 6.07) is 15.2. The Hall–Kier alpha value is -3.85. The molecule has 1 saturated heterocycles. The predicted molar refractivity (Wildman–Crippen MR) is 120 cm³/mol. The van der Waals surface area contributed by atoms with Gasteiger partial charge in [-0.15, -0.1) is 0 Å². The molecule has 0 aliphatic carbocycles. The van der Waals surface area contributed by atoms with Crippen LogP contribution in [0.15, 0.2) is 63.9 Å². The minimum absolute atomic E-state index is 0.0975. The van der Waals surface area contributed by atoms with E-state index in [2.05, 4.69) is 0 Å². The van der Waals surface area contributed by atoms with Crippen molar-refractivity contribution >= 4 is 34.7 Å². The van der Waals surface area contributed by atoms with Crippen molar-refractivity contribution in [1.29, 1.82) is 0 Å². The molecule has 1 aromatic heterocycles. The first-order chi connectivity index (χ1) is 15.4. The largest absolute Gasteiger partial charge is 0.496 e. The molecular weight excluding hydrogens is 432 g/mol. The van der Waals surface area contributed by atoms with Gasteiger partial charge in [-0.1, -0.05) is 29.8 Å². The second kappa shape index (κ2) is 8.72. The maximum atomic E-state index is 12.8. The number of non-ortho nitro benzene ring substituents is 1. The molecule has 1 aliphatic heterocycles. The molecule has 0 bridgehead atoms. The highest BCUT2D eigenvalue weighted by Crippen LogP contribution is 2.37. The number of amides is 2. The summed E-state index contributed by atoms with van der Waals surface area (Å²) < 4.78 is 11.1. The Morgan fingerprint density at radius 2 is 1.97 bits per heavy atom. The van der Waals surface area contributed by atoms with Gasteiger partial charge in [-0.3, -0.25) is 24.6 Å². The Bertz CT molecular complexity index is 1260. The standard InChI is InChI=1S/C23H18N2O6S/c1-14-4-3-5-15(10-14)13-24-22(26)21(32-23(24)27)12-17-7-9-19(31-17)18-8-6-16(25(28)29)11-20(18)30-2/h3-12H,13H2,1-2H3/b21-12-. The number of carbonyl (C=O) groups is 2. The maximum Gasteiger partial charge on any atom is 0.293 e. The van der Waals surface area contributed by atoms with Gasteiger partial charge >= 0.3 is 0 Å². The SMILES string of the molecule is COc1cc([N+](=O)[O-])ccc1-c1ccc(/C=C2\SC(=O)N(Cc3cccc(C)c3)C2=O)o1. The topological polar surface area (TPSA) is 103 Å². The maximum absolute atomic E-state index is 12.8. The van der Waals surface area contributed by atoms with E-state index in [9.17, 15) is 19.7 Å². The van der Waals surface area contributed by atoms with Gasteiger partial charge in [-0.2, -0.15) is 0 Å². The molecule has 0 unspecified atom stereocenters. The van der Waals surface area contributed by atoms with Crippen LogP contribution in [0.4, 0.5) is 10.5 Å². The summed E-state index contributed by atoms with van der Waals surface area (Å²) in [5.41, 5.74) is 2.36. The van der Waals surface area contributed by atoms with Crippen LogP contribution in [0.3, 0.4) is 0 Å². The quantitative estimate of drug-likeness (QED) is 0.281.